The Morgan fingerprint density at radius 1 is 1.04 bits per heavy atom. The quantitative estimate of drug-likeness (QED) is 0.759. The topological polar surface area (TPSA) is 47.3 Å². The van der Waals surface area contributed by atoms with Crippen LogP contribution in [0.5, 0.6) is 5.75 Å². The molecule has 118 valence electrons. The maximum Gasteiger partial charge on any atom is 0.115 e. The lowest BCUT2D eigenvalue weighted by atomic mass is 10.1. The summed E-state index contributed by atoms with van der Waals surface area (Å²) in [4.78, 5) is 4.57. The Bertz CT molecular complexity index is 766. The molecule has 0 saturated carbocycles. The van der Waals surface area contributed by atoms with E-state index in [2.05, 4.69) is 21.7 Å². The van der Waals surface area contributed by atoms with Crippen LogP contribution in [0.4, 0.5) is 0 Å². The molecule has 0 spiro atoms. The summed E-state index contributed by atoms with van der Waals surface area (Å²) in [5.74, 6) is 0.278. The normalized spacial score (nSPS) is 10.8. The van der Waals surface area contributed by atoms with Crippen LogP contribution in [0.1, 0.15) is 22.5 Å². The van der Waals surface area contributed by atoms with Gasteiger partial charge in [-0.3, -0.25) is 0 Å². The van der Waals surface area contributed by atoms with Crippen molar-refractivity contribution >= 4 is 0 Å². The van der Waals surface area contributed by atoms with Gasteiger partial charge in [-0.05, 0) is 23.3 Å². The highest BCUT2D eigenvalue weighted by Gasteiger charge is 2.12. The molecule has 0 bridgehead atoms. The summed E-state index contributed by atoms with van der Waals surface area (Å²) in [5, 5.41) is 9.61. The molecule has 0 fully saturated rings. The molecule has 0 radical (unpaired) electrons. The van der Waals surface area contributed by atoms with Crippen molar-refractivity contribution < 1.29 is 9.84 Å². The van der Waals surface area contributed by atoms with E-state index >= 15 is 0 Å². The van der Waals surface area contributed by atoms with Gasteiger partial charge in [0.15, 0.2) is 0 Å². The number of phenols is 1. The number of hydrogen-bond donors (Lipinski definition) is 1. The Hall–Kier alpha value is -2.59. The van der Waals surface area contributed by atoms with E-state index in [-0.39, 0.29) is 5.75 Å². The molecule has 0 saturated heterocycles. The summed E-state index contributed by atoms with van der Waals surface area (Å²) < 4.78 is 7.44. The number of rotatable bonds is 6. The first-order valence-corrected chi connectivity index (χ1v) is 7.60. The summed E-state index contributed by atoms with van der Waals surface area (Å²) in [7, 11) is 1.69. The predicted molar refractivity (Wildman–Crippen MR) is 89.4 cm³/mol. The molecule has 1 N–H and O–H groups in total. The number of aromatic hydroxyl groups is 1. The van der Waals surface area contributed by atoms with Crippen molar-refractivity contribution in [2.75, 3.05) is 7.11 Å². The van der Waals surface area contributed by atoms with Crippen molar-refractivity contribution in [3.63, 3.8) is 0 Å². The van der Waals surface area contributed by atoms with Crippen LogP contribution >= 0.6 is 0 Å². The van der Waals surface area contributed by atoms with E-state index in [0.29, 0.717) is 13.2 Å². The third-order valence-electron chi connectivity index (χ3n) is 3.79. The molecule has 0 aliphatic heterocycles. The first-order valence-electron chi connectivity index (χ1n) is 7.60. The van der Waals surface area contributed by atoms with Crippen LogP contribution in [0.3, 0.4) is 0 Å². The molecule has 3 rings (SSSR count). The molecule has 0 aliphatic rings. The van der Waals surface area contributed by atoms with Crippen molar-refractivity contribution in [2.24, 2.45) is 0 Å². The van der Waals surface area contributed by atoms with E-state index in [9.17, 15) is 5.11 Å². The van der Waals surface area contributed by atoms with E-state index in [1.54, 1.807) is 19.2 Å². The molecule has 1 aromatic heterocycles. The zero-order valence-corrected chi connectivity index (χ0v) is 13.1. The Kier molecular flexibility index (Phi) is 4.74. The second-order valence-corrected chi connectivity index (χ2v) is 5.53. The third kappa shape index (κ3) is 3.79. The van der Waals surface area contributed by atoms with Crippen LogP contribution in [0.25, 0.3) is 0 Å². The standard InChI is InChI=1S/C19H20N2O2/c1-23-13-19-18(11-15-6-3-2-4-7-15)20-14-21(19)12-16-8-5-9-17(22)10-16/h2-10,14,22H,11-13H2,1H3. The highest BCUT2D eigenvalue weighted by molar-refractivity contribution is 5.29. The van der Waals surface area contributed by atoms with Crippen LogP contribution in [-0.2, 0) is 24.3 Å². The summed E-state index contributed by atoms with van der Waals surface area (Å²) in [6.45, 7) is 1.18. The van der Waals surface area contributed by atoms with Gasteiger partial charge < -0.3 is 14.4 Å². The predicted octanol–water partition coefficient (Wildman–Crippen LogP) is 3.37. The minimum Gasteiger partial charge on any atom is -0.508 e. The third-order valence-corrected chi connectivity index (χ3v) is 3.79. The van der Waals surface area contributed by atoms with Gasteiger partial charge in [0.05, 0.1) is 24.3 Å². The first kappa shape index (κ1) is 15.3. The minimum atomic E-state index is 0.278. The largest absolute Gasteiger partial charge is 0.508 e. The average Bonchev–Trinajstić information content (AvgIpc) is 2.91. The van der Waals surface area contributed by atoms with Crippen molar-refractivity contribution in [3.05, 3.63) is 83.4 Å². The molecule has 4 nitrogen and oxygen atoms in total. The highest BCUT2D eigenvalue weighted by Crippen LogP contribution is 2.18. The molecule has 4 heteroatoms. The molecular weight excluding hydrogens is 288 g/mol. The maximum absolute atomic E-state index is 9.61. The molecule has 3 aromatic rings. The Labute approximate surface area is 136 Å². The van der Waals surface area contributed by atoms with E-state index in [1.165, 1.54) is 5.56 Å². The summed E-state index contributed by atoms with van der Waals surface area (Å²) in [5.41, 5.74) is 4.36. The molecule has 23 heavy (non-hydrogen) atoms. The lowest BCUT2D eigenvalue weighted by molar-refractivity contribution is 0.177. The zero-order valence-electron chi connectivity index (χ0n) is 13.1. The second-order valence-electron chi connectivity index (χ2n) is 5.53. The van der Waals surface area contributed by atoms with Crippen molar-refractivity contribution in [1.82, 2.24) is 9.55 Å². The minimum absolute atomic E-state index is 0.278. The fraction of sp³-hybridized carbons (Fsp3) is 0.211. The summed E-state index contributed by atoms with van der Waals surface area (Å²) in [6.07, 6.45) is 2.63. The van der Waals surface area contributed by atoms with Gasteiger partial charge in [-0.15, -0.1) is 0 Å². The van der Waals surface area contributed by atoms with E-state index in [4.69, 9.17) is 4.74 Å². The number of hydrogen-bond acceptors (Lipinski definition) is 3. The van der Waals surface area contributed by atoms with Gasteiger partial charge in [0, 0.05) is 20.1 Å². The number of nitrogens with zero attached hydrogens (tertiary/aromatic N) is 2. The van der Waals surface area contributed by atoms with Crippen LogP contribution in [0.2, 0.25) is 0 Å². The molecule has 2 aromatic carbocycles. The lowest BCUT2D eigenvalue weighted by Gasteiger charge is -2.10. The monoisotopic (exact) mass is 308 g/mol. The summed E-state index contributed by atoms with van der Waals surface area (Å²) >= 11 is 0. The number of aromatic nitrogens is 2. The Morgan fingerprint density at radius 2 is 1.83 bits per heavy atom. The Balaban J connectivity index is 1.86. The first-order chi connectivity index (χ1) is 11.3. The van der Waals surface area contributed by atoms with E-state index in [1.807, 2.05) is 36.7 Å². The molecule has 0 unspecified atom stereocenters. The fourth-order valence-electron chi connectivity index (χ4n) is 2.68. The second kappa shape index (κ2) is 7.11. The van der Waals surface area contributed by atoms with Crippen molar-refractivity contribution in [2.45, 2.75) is 19.6 Å². The number of phenolic OH excluding ortho intramolecular Hbond substituents is 1. The molecular formula is C19H20N2O2. The summed E-state index contributed by atoms with van der Waals surface area (Å²) in [6, 6.07) is 17.6. The van der Waals surface area contributed by atoms with Crippen molar-refractivity contribution in [1.29, 1.82) is 0 Å². The smallest absolute Gasteiger partial charge is 0.115 e. The molecule has 0 amide bonds. The van der Waals surface area contributed by atoms with E-state index < -0.39 is 0 Å². The van der Waals surface area contributed by atoms with E-state index in [0.717, 1.165) is 23.4 Å². The van der Waals surface area contributed by atoms with Gasteiger partial charge in [-0.25, -0.2) is 4.98 Å². The van der Waals surface area contributed by atoms with Crippen molar-refractivity contribution in [3.8, 4) is 5.75 Å². The fourth-order valence-corrected chi connectivity index (χ4v) is 2.68. The maximum atomic E-state index is 9.61. The number of ether oxygens (including phenoxy) is 1. The highest BCUT2D eigenvalue weighted by atomic mass is 16.5. The van der Waals surface area contributed by atoms with Gasteiger partial charge >= 0.3 is 0 Å². The SMILES string of the molecule is COCc1c(Cc2ccccc2)ncn1Cc1cccc(O)c1. The number of methoxy groups -OCH3 is 1. The van der Waals surface area contributed by atoms with Gasteiger partial charge in [-0.1, -0.05) is 42.5 Å². The van der Waals surface area contributed by atoms with Crippen LogP contribution < -0.4 is 0 Å². The molecule has 0 aliphatic carbocycles. The molecule has 0 atom stereocenters. The van der Waals surface area contributed by atoms with Crippen LogP contribution in [0.15, 0.2) is 60.9 Å². The van der Waals surface area contributed by atoms with Crippen LogP contribution in [-0.4, -0.2) is 21.8 Å². The van der Waals surface area contributed by atoms with Crippen LogP contribution in [0, 0.1) is 0 Å². The number of benzene rings is 2. The van der Waals surface area contributed by atoms with Gasteiger partial charge in [0.2, 0.25) is 0 Å². The average molecular weight is 308 g/mol. The lowest BCUT2D eigenvalue weighted by Crippen LogP contribution is -2.06. The number of imidazole rings is 1. The zero-order chi connectivity index (χ0) is 16.1. The van der Waals surface area contributed by atoms with Gasteiger partial charge in [0.1, 0.15) is 5.75 Å². The Morgan fingerprint density at radius 3 is 2.57 bits per heavy atom. The van der Waals surface area contributed by atoms with Gasteiger partial charge in [-0.2, -0.15) is 0 Å². The van der Waals surface area contributed by atoms with Gasteiger partial charge in [0.25, 0.3) is 0 Å². The molecule has 1 heterocycles.